The maximum Gasteiger partial charge on any atom is 0.338 e. The summed E-state index contributed by atoms with van der Waals surface area (Å²) in [5.74, 6) is -1.02. The van der Waals surface area contributed by atoms with Gasteiger partial charge in [0.05, 0.1) is 24.3 Å². The van der Waals surface area contributed by atoms with Gasteiger partial charge in [0.25, 0.3) is 0 Å². The van der Waals surface area contributed by atoms with Crippen molar-refractivity contribution < 1.29 is 19.1 Å². The number of anilines is 3. The second-order valence-corrected chi connectivity index (χ2v) is 14.6. The fourth-order valence-corrected chi connectivity index (χ4v) is 7.69. The third-order valence-corrected chi connectivity index (χ3v) is 10.8. The molecule has 0 fully saturated rings. The molecule has 0 spiro atoms. The highest BCUT2D eigenvalue weighted by molar-refractivity contribution is 6.33. The maximum atomic E-state index is 13.6. The van der Waals surface area contributed by atoms with E-state index >= 15 is 0 Å². The summed E-state index contributed by atoms with van der Waals surface area (Å²) < 4.78 is 11.1. The van der Waals surface area contributed by atoms with Gasteiger partial charge in [0.2, 0.25) is 0 Å². The zero-order valence-electron chi connectivity index (χ0n) is 33.3. The molecule has 0 radical (unpaired) electrons. The Kier molecular flexibility index (Phi) is 12.0. The first kappa shape index (κ1) is 39.6. The van der Waals surface area contributed by atoms with Gasteiger partial charge in [-0.25, -0.2) is 9.59 Å². The van der Waals surface area contributed by atoms with E-state index in [1.165, 1.54) is 11.1 Å². The molecule has 0 saturated heterocycles. The number of hydrogen-bond donors (Lipinski definition) is 0. The fraction of sp³-hybridized carbons (Fsp3) is 0.0741. The lowest BCUT2D eigenvalue weighted by atomic mass is 9.90. The van der Waals surface area contributed by atoms with Crippen molar-refractivity contribution in [2.45, 2.75) is 13.8 Å². The van der Waals surface area contributed by atoms with Crippen LogP contribution >= 0.6 is 11.6 Å². The Morgan fingerprint density at radius 1 is 0.400 bits per heavy atom. The molecule has 0 amide bonds. The molecule has 0 aliphatic rings. The average Bonchev–Trinajstić information content (AvgIpc) is 3.30. The quantitative estimate of drug-likeness (QED) is 0.115. The van der Waals surface area contributed by atoms with Crippen molar-refractivity contribution in [2.24, 2.45) is 0 Å². The molecular weight excluding hydrogens is 762 g/mol. The van der Waals surface area contributed by atoms with Crippen LogP contribution < -0.4 is 4.90 Å². The average molecular weight is 804 g/mol. The van der Waals surface area contributed by atoms with Crippen LogP contribution in [-0.4, -0.2) is 25.2 Å². The van der Waals surface area contributed by atoms with Gasteiger partial charge < -0.3 is 14.4 Å². The van der Waals surface area contributed by atoms with Gasteiger partial charge >= 0.3 is 11.9 Å². The highest BCUT2D eigenvalue weighted by atomic mass is 35.5. The molecule has 0 unspecified atom stereocenters. The van der Waals surface area contributed by atoms with E-state index in [-0.39, 0.29) is 13.2 Å². The summed E-state index contributed by atoms with van der Waals surface area (Å²) in [6, 6.07) is 65.0. The van der Waals surface area contributed by atoms with E-state index in [4.69, 9.17) is 21.1 Å². The normalized spacial score (nSPS) is 10.8. The van der Waals surface area contributed by atoms with Crippen LogP contribution in [0.3, 0.4) is 0 Å². The third-order valence-electron chi connectivity index (χ3n) is 10.4. The van der Waals surface area contributed by atoms with Crippen molar-refractivity contribution in [1.82, 2.24) is 0 Å². The molecule has 6 heteroatoms. The van der Waals surface area contributed by atoms with Gasteiger partial charge in [0.1, 0.15) is 0 Å². The fourth-order valence-electron chi connectivity index (χ4n) is 7.46. The number of benzene rings is 8. The highest BCUT2D eigenvalue weighted by Gasteiger charge is 2.24. The van der Waals surface area contributed by atoms with Crippen LogP contribution in [0, 0.1) is 0 Å². The zero-order chi connectivity index (χ0) is 41.4. The van der Waals surface area contributed by atoms with E-state index in [9.17, 15) is 9.59 Å². The summed E-state index contributed by atoms with van der Waals surface area (Å²) >= 11 is 6.64. The number of carbonyl (C=O) groups is 2. The summed E-state index contributed by atoms with van der Waals surface area (Å²) in [7, 11) is 0. The molecular formula is C54H42ClNO4. The van der Waals surface area contributed by atoms with Crippen LogP contribution in [0.4, 0.5) is 17.1 Å². The minimum absolute atomic E-state index is 0.189. The van der Waals surface area contributed by atoms with E-state index in [0.29, 0.717) is 32.8 Å². The lowest BCUT2D eigenvalue weighted by molar-refractivity contribution is 0.0513. The first-order valence-corrected chi connectivity index (χ1v) is 20.4. The van der Waals surface area contributed by atoms with E-state index in [2.05, 4.69) is 114 Å². The largest absolute Gasteiger partial charge is 0.462 e. The Bertz CT molecular complexity index is 2730. The number of esters is 2. The SMILES string of the molecule is CCOC(=O)c1cc(-c2ccccc2Cl)c(C(=O)OCC)cc1-c1ccc(N(c2ccc(-c3ccccc3)cc2)c2ccc(-c3ccc(-c4ccccc4)cc3)cc2)cc1. The number of carbonyl (C=O) groups excluding carboxylic acids is 2. The first-order chi connectivity index (χ1) is 29.4. The first-order valence-electron chi connectivity index (χ1n) is 20.0. The van der Waals surface area contributed by atoms with Crippen molar-refractivity contribution >= 4 is 40.6 Å². The van der Waals surface area contributed by atoms with E-state index in [1.807, 2.05) is 66.7 Å². The zero-order valence-corrected chi connectivity index (χ0v) is 34.1. The van der Waals surface area contributed by atoms with Gasteiger partial charge in [-0.2, -0.15) is 0 Å². The summed E-state index contributed by atoms with van der Waals surface area (Å²) in [4.78, 5) is 29.3. The molecule has 0 saturated carbocycles. The number of rotatable bonds is 12. The Morgan fingerprint density at radius 3 is 1.15 bits per heavy atom. The number of halogens is 1. The molecule has 8 rings (SSSR count). The van der Waals surface area contributed by atoms with Crippen molar-refractivity contribution in [3.05, 3.63) is 210 Å². The Hall–Kier alpha value is -7.21. The van der Waals surface area contributed by atoms with Crippen LogP contribution in [0.5, 0.6) is 0 Å². The monoisotopic (exact) mass is 803 g/mol. The molecule has 0 N–H and O–H groups in total. The summed E-state index contributed by atoms with van der Waals surface area (Å²) in [6.45, 7) is 3.91. The number of hydrogen-bond acceptors (Lipinski definition) is 5. The topological polar surface area (TPSA) is 55.8 Å². The molecule has 0 bridgehead atoms. The molecule has 0 aliphatic heterocycles. The Balaban J connectivity index is 1.19. The van der Waals surface area contributed by atoms with Gasteiger partial charge in [-0.15, -0.1) is 0 Å². The maximum absolute atomic E-state index is 13.6. The van der Waals surface area contributed by atoms with Crippen LogP contribution in [0.15, 0.2) is 194 Å². The molecule has 0 aromatic heterocycles. The summed E-state index contributed by atoms with van der Waals surface area (Å²) in [5, 5.41) is 0.445. The third kappa shape index (κ3) is 8.49. The molecule has 5 nitrogen and oxygen atoms in total. The van der Waals surface area contributed by atoms with E-state index in [0.717, 1.165) is 44.9 Å². The lowest BCUT2D eigenvalue weighted by Crippen LogP contribution is -2.12. The van der Waals surface area contributed by atoms with Crippen molar-refractivity contribution in [3.63, 3.8) is 0 Å². The van der Waals surface area contributed by atoms with Crippen LogP contribution in [0.1, 0.15) is 34.6 Å². The van der Waals surface area contributed by atoms with Gasteiger partial charge in [-0.1, -0.05) is 151 Å². The number of nitrogens with zero attached hydrogens (tertiary/aromatic N) is 1. The Morgan fingerprint density at radius 2 is 0.733 bits per heavy atom. The smallest absolute Gasteiger partial charge is 0.338 e. The predicted molar refractivity (Wildman–Crippen MR) is 245 cm³/mol. The molecule has 0 atom stereocenters. The minimum atomic E-state index is -0.513. The second kappa shape index (κ2) is 18.2. The standard InChI is InChI=1S/C54H42ClNO4/c1-3-59-53(57)50-36-49(47-17-11-12-18-52(47)55)51(54(58)60-4-2)35-48(50)43-27-33-46(34-28-43)56(44-29-23-41(24-30-44)38-15-9-6-10-16-38)45-31-25-42(26-32-45)40-21-19-39(20-22-40)37-13-7-5-8-14-37/h5-36H,3-4H2,1-2H3. The molecule has 8 aromatic rings. The van der Waals surface area contributed by atoms with Crippen molar-refractivity contribution in [1.29, 1.82) is 0 Å². The molecule has 294 valence electrons. The van der Waals surface area contributed by atoms with Crippen molar-refractivity contribution in [2.75, 3.05) is 18.1 Å². The van der Waals surface area contributed by atoms with Gasteiger partial charge in [-0.3, -0.25) is 0 Å². The Labute approximate surface area is 356 Å². The van der Waals surface area contributed by atoms with Gasteiger partial charge in [-0.05, 0) is 119 Å². The van der Waals surface area contributed by atoms with Crippen LogP contribution in [0.2, 0.25) is 5.02 Å². The predicted octanol–water partition coefficient (Wildman–Crippen LogP) is 14.5. The molecule has 8 aromatic carbocycles. The summed E-state index contributed by atoms with van der Waals surface area (Å²) in [6.07, 6.45) is 0. The van der Waals surface area contributed by atoms with Crippen LogP contribution in [-0.2, 0) is 9.47 Å². The second-order valence-electron chi connectivity index (χ2n) is 14.1. The highest BCUT2D eigenvalue weighted by Crippen LogP contribution is 2.40. The van der Waals surface area contributed by atoms with Gasteiger partial charge in [0.15, 0.2) is 0 Å². The minimum Gasteiger partial charge on any atom is -0.462 e. The summed E-state index contributed by atoms with van der Waals surface area (Å²) in [5.41, 5.74) is 12.7. The molecule has 60 heavy (non-hydrogen) atoms. The lowest BCUT2D eigenvalue weighted by Gasteiger charge is -2.26. The van der Waals surface area contributed by atoms with E-state index in [1.54, 1.807) is 32.0 Å². The number of ether oxygens (including phenoxy) is 2. The molecule has 0 aliphatic carbocycles. The van der Waals surface area contributed by atoms with E-state index < -0.39 is 11.9 Å². The molecule has 0 heterocycles. The van der Waals surface area contributed by atoms with Gasteiger partial charge in [0, 0.05) is 27.6 Å². The van der Waals surface area contributed by atoms with Crippen molar-refractivity contribution in [3.8, 4) is 55.6 Å². The van der Waals surface area contributed by atoms with Crippen LogP contribution in [0.25, 0.3) is 55.6 Å².